The highest BCUT2D eigenvalue weighted by Crippen LogP contribution is 2.38. The minimum Gasteiger partial charge on any atom is -0.456 e. The van der Waals surface area contributed by atoms with Gasteiger partial charge in [0.15, 0.2) is 10.9 Å². The fourth-order valence-electron chi connectivity index (χ4n) is 3.28. The SMILES string of the molecule is N#Cc1c(NC(=O)COC(=O)CCCSc2nc3ccccc3s2)sc2c1CCC2. The Balaban J connectivity index is 1.17. The molecule has 30 heavy (non-hydrogen) atoms. The number of carbonyl (C=O) groups is 2. The molecular formula is C21H19N3O3S3. The number of esters is 1. The van der Waals surface area contributed by atoms with Crippen LogP contribution in [0.15, 0.2) is 28.6 Å². The first-order chi connectivity index (χ1) is 14.6. The first kappa shape index (κ1) is 20.8. The van der Waals surface area contributed by atoms with Gasteiger partial charge in [-0.2, -0.15) is 5.26 Å². The highest BCUT2D eigenvalue weighted by molar-refractivity contribution is 8.01. The quantitative estimate of drug-likeness (QED) is 0.297. The molecule has 4 rings (SSSR count). The number of nitrogens with one attached hydrogen (secondary N) is 1. The van der Waals surface area contributed by atoms with Crippen LogP contribution in [0.5, 0.6) is 0 Å². The van der Waals surface area contributed by atoms with E-state index in [-0.39, 0.29) is 13.0 Å². The Bertz CT molecular complexity index is 1100. The molecule has 154 valence electrons. The van der Waals surface area contributed by atoms with Gasteiger partial charge in [0.05, 0.1) is 15.8 Å². The Kier molecular flexibility index (Phi) is 6.67. The van der Waals surface area contributed by atoms with Crippen LogP contribution in [0.25, 0.3) is 10.2 Å². The maximum atomic E-state index is 12.1. The summed E-state index contributed by atoms with van der Waals surface area (Å²) in [7, 11) is 0. The number of amides is 1. The van der Waals surface area contributed by atoms with Gasteiger partial charge in [-0.3, -0.25) is 9.59 Å². The van der Waals surface area contributed by atoms with Crippen LogP contribution in [0, 0.1) is 11.3 Å². The van der Waals surface area contributed by atoms with E-state index in [4.69, 9.17) is 4.74 Å². The van der Waals surface area contributed by atoms with Crippen molar-refractivity contribution in [1.82, 2.24) is 4.98 Å². The number of thioether (sulfide) groups is 1. The van der Waals surface area contributed by atoms with Crippen LogP contribution in [-0.2, 0) is 27.2 Å². The molecule has 0 radical (unpaired) electrons. The van der Waals surface area contributed by atoms with Gasteiger partial charge in [0.1, 0.15) is 11.1 Å². The topological polar surface area (TPSA) is 92.1 Å². The number of hydrogen-bond donors (Lipinski definition) is 1. The van der Waals surface area contributed by atoms with Crippen molar-refractivity contribution in [3.05, 3.63) is 40.3 Å². The summed E-state index contributed by atoms with van der Waals surface area (Å²) >= 11 is 4.71. The molecule has 0 spiro atoms. The number of rotatable bonds is 8. The zero-order chi connectivity index (χ0) is 20.9. The van der Waals surface area contributed by atoms with Gasteiger partial charge in [-0.25, -0.2) is 4.98 Å². The molecule has 6 nitrogen and oxygen atoms in total. The average molecular weight is 458 g/mol. The molecule has 9 heteroatoms. The zero-order valence-electron chi connectivity index (χ0n) is 16.1. The van der Waals surface area contributed by atoms with Crippen molar-refractivity contribution < 1.29 is 14.3 Å². The summed E-state index contributed by atoms with van der Waals surface area (Å²) in [6.45, 7) is -0.336. The molecule has 1 N–H and O–H groups in total. The maximum absolute atomic E-state index is 12.1. The van der Waals surface area contributed by atoms with Gasteiger partial charge in [0.25, 0.3) is 5.91 Å². The molecule has 1 aliphatic carbocycles. The van der Waals surface area contributed by atoms with Crippen LogP contribution in [0.4, 0.5) is 5.00 Å². The predicted molar refractivity (Wildman–Crippen MR) is 120 cm³/mol. The number of nitriles is 1. The molecule has 0 bridgehead atoms. The summed E-state index contributed by atoms with van der Waals surface area (Å²) in [5.41, 5.74) is 2.60. The third kappa shape index (κ3) is 4.83. The van der Waals surface area contributed by atoms with Crippen molar-refractivity contribution in [3.8, 4) is 6.07 Å². The number of carbonyl (C=O) groups excluding carboxylic acids is 2. The van der Waals surface area contributed by atoms with E-state index in [9.17, 15) is 14.9 Å². The fraction of sp³-hybridized carbons (Fsp3) is 0.333. The average Bonchev–Trinajstić information content (AvgIpc) is 3.43. The Morgan fingerprint density at radius 3 is 2.97 bits per heavy atom. The van der Waals surface area contributed by atoms with Crippen molar-refractivity contribution in [2.24, 2.45) is 0 Å². The lowest BCUT2D eigenvalue weighted by molar-refractivity contribution is -0.147. The molecule has 0 saturated carbocycles. The lowest BCUT2D eigenvalue weighted by Gasteiger charge is -2.06. The molecule has 1 aliphatic rings. The second-order valence-corrected chi connectivity index (χ2v) is 10.3. The molecule has 2 heterocycles. The van der Waals surface area contributed by atoms with E-state index in [0.717, 1.165) is 45.1 Å². The third-order valence-electron chi connectivity index (χ3n) is 4.68. The Labute approximate surface area is 186 Å². The van der Waals surface area contributed by atoms with E-state index < -0.39 is 11.9 Å². The number of benzene rings is 1. The zero-order valence-corrected chi connectivity index (χ0v) is 18.6. The predicted octanol–water partition coefficient (Wildman–Crippen LogP) is 4.77. The van der Waals surface area contributed by atoms with Gasteiger partial charge >= 0.3 is 5.97 Å². The minimum atomic E-state index is -0.413. The normalized spacial score (nSPS) is 12.5. The Morgan fingerprint density at radius 1 is 1.27 bits per heavy atom. The first-order valence-electron chi connectivity index (χ1n) is 9.62. The van der Waals surface area contributed by atoms with Crippen LogP contribution in [0.3, 0.4) is 0 Å². The highest BCUT2D eigenvalue weighted by atomic mass is 32.2. The second kappa shape index (κ2) is 9.60. The number of hydrogen-bond acceptors (Lipinski definition) is 8. The number of aryl methyl sites for hydroxylation is 1. The number of aromatic nitrogens is 1. The molecule has 0 aliphatic heterocycles. The van der Waals surface area contributed by atoms with Crippen molar-refractivity contribution >= 4 is 61.5 Å². The second-order valence-electron chi connectivity index (χ2n) is 6.78. The molecule has 0 saturated heterocycles. The number of nitrogens with zero attached hydrogens (tertiary/aromatic N) is 2. The molecular weight excluding hydrogens is 438 g/mol. The minimum absolute atomic E-state index is 0.252. The van der Waals surface area contributed by atoms with E-state index in [1.54, 1.807) is 23.1 Å². The highest BCUT2D eigenvalue weighted by Gasteiger charge is 2.23. The number of thiophene rings is 1. The molecule has 3 aromatic rings. The van der Waals surface area contributed by atoms with E-state index in [1.807, 2.05) is 24.3 Å². The maximum Gasteiger partial charge on any atom is 0.306 e. The van der Waals surface area contributed by atoms with Gasteiger partial charge in [0.2, 0.25) is 0 Å². The van der Waals surface area contributed by atoms with Crippen LogP contribution in [0.2, 0.25) is 0 Å². The lowest BCUT2D eigenvalue weighted by Crippen LogP contribution is -2.20. The molecule has 0 unspecified atom stereocenters. The molecule has 0 atom stereocenters. The monoisotopic (exact) mass is 457 g/mol. The summed E-state index contributed by atoms with van der Waals surface area (Å²) in [4.78, 5) is 29.7. The Hall–Kier alpha value is -2.41. The fourth-order valence-corrected chi connectivity index (χ4v) is 6.61. The number of ether oxygens (including phenoxy) is 1. The van der Waals surface area contributed by atoms with Gasteiger partial charge in [-0.05, 0) is 43.4 Å². The van der Waals surface area contributed by atoms with E-state index >= 15 is 0 Å². The van der Waals surface area contributed by atoms with Crippen LogP contribution in [0.1, 0.15) is 35.3 Å². The van der Waals surface area contributed by atoms with Gasteiger partial charge in [0, 0.05) is 17.1 Å². The summed E-state index contributed by atoms with van der Waals surface area (Å²) in [5, 5.41) is 12.6. The van der Waals surface area contributed by atoms with Gasteiger partial charge in [-0.15, -0.1) is 22.7 Å². The van der Waals surface area contributed by atoms with E-state index in [0.29, 0.717) is 17.0 Å². The number of thiazole rings is 1. The Morgan fingerprint density at radius 2 is 2.13 bits per heavy atom. The molecule has 1 amide bonds. The van der Waals surface area contributed by atoms with Crippen LogP contribution >= 0.6 is 34.4 Å². The smallest absolute Gasteiger partial charge is 0.306 e. The number of anilines is 1. The van der Waals surface area contributed by atoms with Crippen molar-refractivity contribution in [2.75, 3.05) is 17.7 Å². The van der Waals surface area contributed by atoms with Gasteiger partial charge < -0.3 is 10.1 Å². The van der Waals surface area contributed by atoms with Crippen molar-refractivity contribution in [1.29, 1.82) is 5.26 Å². The van der Waals surface area contributed by atoms with Crippen LogP contribution in [-0.4, -0.2) is 29.2 Å². The number of fused-ring (bicyclic) bond motifs is 2. The summed E-state index contributed by atoms with van der Waals surface area (Å²) in [6, 6.07) is 10.2. The van der Waals surface area contributed by atoms with Crippen molar-refractivity contribution in [3.63, 3.8) is 0 Å². The van der Waals surface area contributed by atoms with E-state index in [2.05, 4.69) is 16.4 Å². The standard InChI is InChI=1S/C21H19N3O3S3/c22-11-14-13-5-3-8-16(13)29-20(14)24-18(25)12-27-19(26)9-4-10-28-21-23-15-6-1-2-7-17(15)30-21/h1-2,6-7H,3-5,8-10,12H2,(H,24,25). The first-order valence-corrected chi connectivity index (χ1v) is 12.2. The van der Waals surface area contributed by atoms with E-state index in [1.165, 1.54) is 16.2 Å². The summed E-state index contributed by atoms with van der Waals surface area (Å²) in [6.07, 6.45) is 3.79. The summed E-state index contributed by atoms with van der Waals surface area (Å²) < 4.78 is 7.22. The largest absolute Gasteiger partial charge is 0.456 e. The third-order valence-corrected chi connectivity index (χ3v) is 8.15. The van der Waals surface area contributed by atoms with Crippen LogP contribution < -0.4 is 5.32 Å². The number of para-hydroxylation sites is 1. The molecule has 2 aromatic heterocycles. The van der Waals surface area contributed by atoms with Gasteiger partial charge in [-0.1, -0.05) is 23.9 Å². The molecule has 1 aromatic carbocycles. The van der Waals surface area contributed by atoms with Crippen molar-refractivity contribution in [2.45, 2.75) is 36.4 Å². The lowest BCUT2D eigenvalue weighted by atomic mass is 10.1. The molecule has 0 fully saturated rings. The summed E-state index contributed by atoms with van der Waals surface area (Å²) in [5.74, 6) is -0.0548.